The molecule has 3 aromatic carbocycles. The molecule has 4 heteroatoms. The van der Waals surface area contributed by atoms with Gasteiger partial charge in [-0.2, -0.15) is 0 Å². The van der Waals surface area contributed by atoms with Crippen molar-refractivity contribution < 1.29 is 10.2 Å². The standard InChI is InChI=1S/C22H17NO2.Al/c1-14-21(25)13-17-8-5-9-18(22(17)23-14)19-12-16(10-11-20(19)24)15-6-3-2-4-7-15;/h2-13,24-25H,1H3;. The van der Waals surface area contributed by atoms with Crippen molar-refractivity contribution in [3.05, 3.63) is 78.5 Å². The molecule has 2 N–H and O–H groups in total. The molecule has 1 heterocycles. The Bertz CT molecular complexity index is 1080. The van der Waals surface area contributed by atoms with E-state index in [0.717, 1.165) is 33.2 Å². The Kier molecular flexibility index (Phi) is 4.99. The Hall–Kier alpha value is -2.80. The van der Waals surface area contributed by atoms with E-state index in [1.165, 1.54) is 0 Å². The van der Waals surface area contributed by atoms with Crippen LogP contribution in [0.1, 0.15) is 5.69 Å². The number of hydrogen-bond donors (Lipinski definition) is 2. The molecule has 0 spiro atoms. The van der Waals surface area contributed by atoms with E-state index in [4.69, 9.17) is 0 Å². The van der Waals surface area contributed by atoms with E-state index in [2.05, 4.69) is 4.98 Å². The molecule has 3 nitrogen and oxygen atoms in total. The third kappa shape index (κ3) is 3.18. The minimum Gasteiger partial charge on any atom is -0.507 e. The molecule has 26 heavy (non-hydrogen) atoms. The predicted octanol–water partition coefficient (Wildman–Crippen LogP) is 4.91. The highest BCUT2D eigenvalue weighted by atomic mass is 27.0. The van der Waals surface area contributed by atoms with Gasteiger partial charge in [0.05, 0.1) is 11.2 Å². The van der Waals surface area contributed by atoms with Gasteiger partial charge in [0, 0.05) is 33.9 Å². The summed E-state index contributed by atoms with van der Waals surface area (Å²) in [6.07, 6.45) is 0. The first-order valence-corrected chi connectivity index (χ1v) is 8.11. The number of aryl methyl sites for hydroxylation is 1. The van der Waals surface area contributed by atoms with Crippen LogP contribution in [-0.2, 0) is 0 Å². The predicted molar refractivity (Wildman–Crippen MR) is 106 cm³/mol. The number of aromatic nitrogens is 1. The second-order valence-electron chi connectivity index (χ2n) is 6.07. The summed E-state index contributed by atoms with van der Waals surface area (Å²) in [6, 6.07) is 23.1. The van der Waals surface area contributed by atoms with Gasteiger partial charge < -0.3 is 10.2 Å². The van der Waals surface area contributed by atoms with Gasteiger partial charge in [-0.15, -0.1) is 0 Å². The lowest BCUT2D eigenvalue weighted by Crippen LogP contribution is -1.90. The van der Waals surface area contributed by atoms with Crippen molar-refractivity contribution in [1.29, 1.82) is 0 Å². The van der Waals surface area contributed by atoms with Crippen molar-refractivity contribution in [2.24, 2.45) is 0 Å². The van der Waals surface area contributed by atoms with E-state index in [0.29, 0.717) is 5.69 Å². The first kappa shape index (κ1) is 18.0. The van der Waals surface area contributed by atoms with Crippen molar-refractivity contribution in [1.82, 2.24) is 4.98 Å². The molecule has 0 unspecified atom stereocenters. The van der Waals surface area contributed by atoms with Crippen molar-refractivity contribution >= 4 is 28.3 Å². The second kappa shape index (κ2) is 7.21. The number of para-hydroxylation sites is 1. The van der Waals surface area contributed by atoms with Crippen LogP contribution in [0.3, 0.4) is 0 Å². The zero-order chi connectivity index (χ0) is 17.4. The normalized spacial score (nSPS) is 10.5. The van der Waals surface area contributed by atoms with Crippen LogP contribution in [0.15, 0.2) is 72.8 Å². The number of phenols is 1. The molecule has 0 bridgehead atoms. The number of rotatable bonds is 2. The Morgan fingerprint density at radius 2 is 1.46 bits per heavy atom. The minimum atomic E-state index is 0. The maximum atomic E-state index is 10.4. The van der Waals surface area contributed by atoms with Crippen LogP contribution in [0.25, 0.3) is 33.2 Å². The van der Waals surface area contributed by atoms with Crippen molar-refractivity contribution in [2.45, 2.75) is 6.92 Å². The summed E-state index contributed by atoms with van der Waals surface area (Å²) >= 11 is 0. The lowest BCUT2D eigenvalue weighted by atomic mass is 9.96. The highest BCUT2D eigenvalue weighted by molar-refractivity contribution is 5.96. The average Bonchev–Trinajstić information content (AvgIpc) is 2.64. The van der Waals surface area contributed by atoms with Gasteiger partial charge in [-0.1, -0.05) is 54.6 Å². The topological polar surface area (TPSA) is 53.4 Å². The van der Waals surface area contributed by atoms with E-state index < -0.39 is 0 Å². The Balaban J connectivity index is 0.00000196. The van der Waals surface area contributed by atoms with E-state index in [-0.39, 0.29) is 28.9 Å². The molecule has 4 rings (SSSR count). The molecule has 125 valence electrons. The second-order valence-corrected chi connectivity index (χ2v) is 6.07. The van der Waals surface area contributed by atoms with E-state index in [1.807, 2.05) is 60.7 Å². The van der Waals surface area contributed by atoms with Crippen LogP contribution in [0.4, 0.5) is 0 Å². The first-order chi connectivity index (χ1) is 12.1. The average molecular weight is 354 g/mol. The van der Waals surface area contributed by atoms with E-state index >= 15 is 0 Å². The number of phenolic OH excluding ortho intramolecular Hbond substituents is 1. The van der Waals surface area contributed by atoms with Gasteiger partial charge in [0.25, 0.3) is 0 Å². The fourth-order valence-electron chi connectivity index (χ4n) is 3.06. The quantitative estimate of drug-likeness (QED) is 0.503. The van der Waals surface area contributed by atoms with E-state index in [9.17, 15) is 10.2 Å². The van der Waals surface area contributed by atoms with Gasteiger partial charge >= 0.3 is 0 Å². The molecule has 0 atom stereocenters. The third-order valence-corrected chi connectivity index (χ3v) is 4.40. The maximum Gasteiger partial charge on any atom is 0.137 e. The van der Waals surface area contributed by atoms with Crippen LogP contribution in [0, 0.1) is 6.92 Å². The fraction of sp³-hybridized carbons (Fsp3) is 0.0455. The number of nitrogens with zero attached hydrogens (tertiary/aromatic N) is 1. The molecule has 0 saturated carbocycles. The molecule has 0 aliphatic heterocycles. The molecule has 3 radical (unpaired) electrons. The number of pyridine rings is 1. The molecule has 0 fully saturated rings. The first-order valence-electron chi connectivity index (χ1n) is 8.11. The van der Waals surface area contributed by atoms with Crippen LogP contribution < -0.4 is 0 Å². The monoisotopic (exact) mass is 354 g/mol. The van der Waals surface area contributed by atoms with Gasteiger partial charge in [0.1, 0.15) is 11.5 Å². The molecule has 0 amide bonds. The van der Waals surface area contributed by atoms with Gasteiger partial charge in [-0.25, -0.2) is 4.98 Å². The van der Waals surface area contributed by atoms with Crippen molar-refractivity contribution in [3.8, 4) is 33.8 Å². The fourth-order valence-corrected chi connectivity index (χ4v) is 3.06. The summed E-state index contributed by atoms with van der Waals surface area (Å²) < 4.78 is 0. The summed E-state index contributed by atoms with van der Waals surface area (Å²) in [5.41, 5.74) is 5.02. The van der Waals surface area contributed by atoms with Gasteiger partial charge in [-0.3, -0.25) is 0 Å². The summed E-state index contributed by atoms with van der Waals surface area (Å²) in [5, 5.41) is 21.2. The van der Waals surface area contributed by atoms with Gasteiger partial charge in [-0.05, 0) is 36.2 Å². The Morgan fingerprint density at radius 3 is 2.23 bits per heavy atom. The summed E-state index contributed by atoms with van der Waals surface area (Å²) in [7, 11) is 0. The summed E-state index contributed by atoms with van der Waals surface area (Å²) in [4.78, 5) is 4.53. The van der Waals surface area contributed by atoms with Crippen LogP contribution in [0.2, 0.25) is 0 Å². The minimum absolute atomic E-state index is 0. The molecule has 0 aliphatic carbocycles. The number of hydrogen-bond acceptors (Lipinski definition) is 3. The van der Waals surface area contributed by atoms with Crippen molar-refractivity contribution in [2.75, 3.05) is 0 Å². The molecule has 0 aliphatic rings. The van der Waals surface area contributed by atoms with Crippen LogP contribution in [-0.4, -0.2) is 32.6 Å². The van der Waals surface area contributed by atoms with Gasteiger partial charge in [0.2, 0.25) is 0 Å². The zero-order valence-electron chi connectivity index (χ0n) is 14.3. The van der Waals surface area contributed by atoms with Crippen LogP contribution in [0.5, 0.6) is 11.5 Å². The maximum absolute atomic E-state index is 10.4. The largest absolute Gasteiger partial charge is 0.507 e. The molecular formula is C22H17AlNO2. The molecule has 4 aromatic rings. The number of aromatic hydroxyl groups is 2. The number of fused-ring (bicyclic) bond motifs is 1. The SMILES string of the molecule is Cc1nc2c(-c3cc(-c4ccccc4)ccc3O)cccc2cc1O.[Al]. The Labute approximate surface area is 162 Å². The molecular weight excluding hydrogens is 337 g/mol. The van der Waals surface area contributed by atoms with Crippen LogP contribution >= 0.6 is 0 Å². The number of benzene rings is 3. The highest BCUT2D eigenvalue weighted by Gasteiger charge is 2.12. The Morgan fingerprint density at radius 1 is 0.692 bits per heavy atom. The molecule has 0 saturated heterocycles. The van der Waals surface area contributed by atoms with E-state index in [1.54, 1.807) is 19.1 Å². The smallest absolute Gasteiger partial charge is 0.137 e. The van der Waals surface area contributed by atoms with Crippen molar-refractivity contribution in [3.63, 3.8) is 0 Å². The van der Waals surface area contributed by atoms with Gasteiger partial charge in [0.15, 0.2) is 0 Å². The highest BCUT2D eigenvalue weighted by Crippen LogP contribution is 2.37. The summed E-state index contributed by atoms with van der Waals surface area (Å²) in [6.45, 7) is 1.77. The zero-order valence-corrected chi connectivity index (χ0v) is 15.5. The lowest BCUT2D eigenvalue weighted by Gasteiger charge is -2.11. The summed E-state index contributed by atoms with van der Waals surface area (Å²) in [5.74, 6) is 0.381. The third-order valence-electron chi connectivity index (χ3n) is 4.40. The molecule has 1 aromatic heterocycles. The lowest BCUT2D eigenvalue weighted by molar-refractivity contribution is 0.469.